The Morgan fingerprint density at radius 2 is 1.83 bits per heavy atom. The average molecular weight is 328 g/mol. The summed E-state index contributed by atoms with van der Waals surface area (Å²) in [5.74, 6) is 0.598. The quantitative estimate of drug-likeness (QED) is 0.816. The zero-order valence-electron chi connectivity index (χ0n) is 13.7. The third kappa shape index (κ3) is 4.25. The molecule has 2 amide bonds. The Kier molecular flexibility index (Phi) is 5.78. The molecule has 0 fully saturated rings. The lowest BCUT2D eigenvalue weighted by Crippen LogP contribution is -2.18. The van der Waals surface area contributed by atoms with Gasteiger partial charge in [-0.15, -0.1) is 0 Å². The molecular weight excluding hydrogens is 308 g/mol. The van der Waals surface area contributed by atoms with Crippen LogP contribution in [0.5, 0.6) is 11.5 Å². The SMILES string of the molecule is COc1ccc(OC)c(CCC(=O)Nc2ccccc2C(N)=O)c1. The molecule has 0 saturated carbocycles. The molecule has 0 aliphatic rings. The Balaban J connectivity index is 2.05. The minimum Gasteiger partial charge on any atom is -0.497 e. The van der Waals surface area contributed by atoms with Crippen LogP contribution < -0.4 is 20.5 Å². The lowest BCUT2D eigenvalue weighted by atomic mass is 10.1. The topological polar surface area (TPSA) is 90.7 Å². The molecule has 6 heteroatoms. The molecule has 0 unspecified atom stereocenters. The van der Waals surface area contributed by atoms with Gasteiger partial charge in [0.25, 0.3) is 5.91 Å². The number of para-hydroxylation sites is 1. The monoisotopic (exact) mass is 328 g/mol. The Labute approximate surface area is 140 Å². The minimum absolute atomic E-state index is 0.214. The maximum Gasteiger partial charge on any atom is 0.250 e. The van der Waals surface area contributed by atoms with E-state index in [1.54, 1.807) is 50.6 Å². The fourth-order valence-electron chi connectivity index (χ4n) is 2.35. The molecular formula is C18H20N2O4. The minimum atomic E-state index is -0.583. The second kappa shape index (κ2) is 8.01. The van der Waals surface area contributed by atoms with Gasteiger partial charge in [-0.25, -0.2) is 0 Å². The maximum absolute atomic E-state index is 12.2. The average Bonchev–Trinajstić information content (AvgIpc) is 2.59. The number of ether oxygens (including phenoxy) is 2. The highest BCUT2D eigenvalue weighted by molar-refractivity contribution is 6.03. The molecule has 24 heavy (non-hydrogen) atoms. The fourth-order valence-corrected chi connectivity index (χ4v) is 2.35. The number of aryl methyl sites for hydroxylation is 1. The molecule has 3 N–H and O–H groups in total. The highest BCUT2D eigenvalue weighted by atomic mass is 16.5. The van der Waals surface area contributed by atoms with Crippen molar-refractivity contribution in [3.05, 3.63) is 53.6 Å². The van der Waals surface area contributed by atoms with Crippen LogP contribution in [0.4, 0.5) is 5.69 Å². The van der Waals surface area contributed by atoms with Gasteiger partial charge in [0, 0.05) is 6.42 Å². The molecule has 0 aliphatic carbocycles. The second-order valence-corrected chi connectivity index (χ2v) is 5.14. The number of rotatable bonds is 7. The van der Waals surface area contributed by atoms with Gasteiger partial charge in [-0.05, 0) is 42.3 Å². The maximum atomic E-state index is 12.2. The number of carbonyl (C=O) groups excluding carboxylic acids is 2. The van der Waals surface area contributed by atoms with Crippen molar-refractivity contribution < 1.29 is 19.1 Å². The van der Waals surface area contributed by atoms with E-state index in [0.717, 1.165) is 5.56 Å². The van der Waals surface area contributed by atoms with Gasteiger partial charge in [0.1, 0.15) is 11.5 Å². The molecule has 0 radical (unpaired) electrons. The zero-order chi connectivity index (χ0) is 17.5. The van der Waals surface area contributed by atoms with E-state index in [9.17, 15) is 9.59 Å². The largest absolute Gasteiger partial charge is 0.497 e. The molecule has 2 aromatic rings. The van der Waals surface area contributed by atoms with E-state index in [1.165, 1.54) is 0 Å². The second-order valence-electron chi connectivity index (χ2n) is 5.14. The number of methoxy groups -OCH3 is 2. The molecule has 0 aromatic heterocycles. The van der Waals surface area contributed by atoms with Crippen molar-refractivity contribution in [2.75, 3.05) is 19.5 Å². The number of amides is 2. The first-order valence-corrected chi connectivity index (χ1v) is 7.44. The highest BCUT2D eigenvalue weighted by Crippen LogP contribution is 2.25. The number of primary amides is 1. The molecule has 0 spiro atoms. The Bertz CT molecular complexity index is 744. The summed E-state index contributed by atoms with van der Waals surface area (Å²) in [6.45, 7) is 0. The Morgan fingerprint density at radius 3 is 2.50 bits per heavy atom. The zero-order valence-corrected chi connectivity index (χ0v) is 13.7. The Morgan fingerprint density at radius 1 is 1.08 bits per heavy atom. The summed E-state index contributed by atoms with van der Waals surface area (Å²) in [5, 5.41) is 2.72. The highest BCUT2D eigenvalue weighted by Gasteiger charge is 2.12. The molecule has 2 aromatic carbocycles. The Hall–Kier alpha value is -3.02. The first-order valence-electron chi connectivity index (χ1n) is 7.44. The predicted molar refractivity (Wildman–Crippen MR) is 91.5 cm³/mol. The summed E-state index contributed by atoms with van der Waals surface area (Å²) in [4.78, 5) is 23.6. The van der Waals surface area contributed by atoms with Crippen molar-refractivity contribution in [1.82, 2.24) is 0 Å². The van der Waals surface area contributed by atoms with E-state index in [4.69, 9.17) is 15.2 Å². The van der Waals surface area contributed by atoms with Gasteiger partial charge >= 0.3 is 0 Å². The van der Waals surface area contributed by atoms with Gasteiger partial charge in [0.15, 0.2) is 0 Å². The van der Waals surface area contributed by atoms with Crippen molar-refractivity contribution in [3.63, 3.8) is 0 Å². The summed E-state index contributed by atoms with van der Waals surface area (Å²) >= 11 is 0. The molecule has 6 nitrogen and oxygen atoms in total. The summed E-state index contributed by atoms with van der Waals surface area (Å²) in [6.07, 6.45) is 0.710. The van der Waals surface area contributed by atoms with Gasteiger partial charge in [-0.3, -0.25) is 9.59 Å². The number of benzene rings is 2. The molecule has 0 atom stereocenters. The predicted octanol–water partition coefficient (Wildman–Crippen LogP) is 2.37. The van der Waals surface area contributed by atoms with Crippen LogP contribution >= 0.6 is 0 Å². The van der Waals surface area contributed by atoms with Crippen LogP contribution in [-0.2, 0) is 11.2 Å². The lowest BCUT2D eigenvalue weighted by Gasteiger charge is -2.11. The first kappa shape index (κ1) is 17.3. The van der Waals surface area contributed by atoms with Gasteiger partial charge in [0.2, 0.25) is 5.91 Å². The first-order chi connectivity index (χ1) is 11.5. The number of hydrogen-bond acceptors (Lipinski definition) is 4. The van der Waals surface area contributed by atoms with Crippen LogP contribution in [0.2, 0.25) is 0 Å². The van der Waals surface area contributed by atoms with E-state index >= 15 is 0 Å². The van der Waals surface area contributed by atoms with Crippen LogP contribution in [0.3, 0.4) is 0 Å². The van der Waals surface area contributed by atoms with Crippen LogP contribution in [0.15, 0.2) is 42.5 Å². The molecule has 2 rings (SSSR count). The van der Waals surface area contributed by atoms with Crippen LogP contribution in [0, 0.1) is 0 Å². The van der Waals surface area contributed by atoms with Crippen LogP contribution in [0.25, 0.3) is 0 Å². The molecule has 0 bridgehead atoms. The number of nitrogens with two attached hydrogens (primary N) is 1. The molecule has 0 saturated heterocycles. The summed E-state index contributed by atoms with van der Waals surface area (Å²) in [6, 6.07) is 12.1. The molecule has 126 valence electrons. The smallest absolute Gasteiger partial charge is 0.250 e. The van der Waals surface area contributed by atoms with E-state index in [-0.39, 0.29) is 17.9 Å². The van der Waals surface area contributed by atoms with Gasteiger partial charge in [0.05, 0.1) is 25.5 Å². The standard InChI is InChI=1S/C18H20N2O4/c1-23-13-8-9-16(24-2)12(11-13)7-10-17(21)20-15-6-4-3-5-14(15)18(19)22/h3-6,8-9,11H,7,10H2,1-2H3,(H2,19,22)(H,20,21). The lowest BCUT2D eigenvalue weighted by molar-refractivity contribution is -0.116. The summed E-state index contributed by atoms with van der Waals surface area (Å²) < 4.78 is 10.5. The van der Waals surface area contributed by atoms with Crippen LogP contribution in [0.1, 0.15) is 22.3 Å². The summed E-state index contributed by atoms with van der Waals surface area (Å²) in [7, 11) is 3.16. The van der Waals surface area contributed by atoms with E-state index < -0.39 is 5.91 Å². The van der Waals surface area contributed by atoms with Crippen molar-refractivity contribution in [1.29, 1.82) is 0 Å². The van der Waals surface area contributed by atoms with Gasteiger partial charge in [-0.1, -0.05) is 12.1 Å². The molecule has 0 heterocycles. The van der Waals surface area contributed by atoms with E-state index in [2.05, 4.69) is 5.32 Å². The van der Waals surface area contributed by atoms with Crippen molar-refractivity contribution >= 4 is 17.5 Å². The van der Waals surface area contributed by atoms with Gasteiger partial charge in [-0.2, -0.15) is 0 Å². The van der Waals surface area contributed by atoms with Crippen molar-refractivity contribution in [2.24, 2.45) is 5.73 Å². The summed E-state index contributed by atoms with van der Waals surface area (Å²) in [5.41, 5.74) is 6.87. The third-order valence-electron chi connectivity index (χ3n) is 3.58. The van der Waals surface area contributed by atoms with Crippen molar-refractivity contribution in [3.8, 4) is 11.5 Å². The number of hydrogen-bond donors (Lipinski definition) is 2. The number of carbonyl (C=O) groups is 2. The third-order valence-corrected chi connectivity index (χ3v) is 3.58. The fraction of sp³-hybridized carbons (Fsp3) is 0.222. The van der Waals surface area contributed by atoms with Crippen molar-refractivity contribution in [2.45, 2.75) is 12.8 Å². The van der Waals surface area contributed by atoms with Crippen LogP contribution in [-0.4, -0.2) is 26.0 Å². The normalized spacial score (nSPS) is 10.1. The van der Waals surface area contributed by atoms with Gasteiger partial charge < -0.3 is 20.5 Å². The molecule has 0 aliphatic heterocycles. The van der Waals surface area contributed by atoms with E-state index in [1.807, 2.05) is 6.07 Å². The number of nitrogens with one attached hydrogen (secondary N) is 1. The number of anilines is 1. The van der Waals surface area contributed by atoms with E-state index in [0.29, 0.717) is 23.6 Å².